The third kappa shape index (κ3) is 2.89. The second kappa shape index (κ2) is 5.80. The van der Waals surface area contributed by atoms with Gasteiger partial charge in [-0.25, -0.2) is 0 Å². The highest BCUT2D eigenvalue weighted by atomic mass is 16.2. The lowest BCUT2D eigenvalue weighted by Gasteiger charge is -2.22. The number of ketones is 2. The molecule has 1 aromatic carbocycles. The van der Waals surface area contributed by atoms with Crippen LogP contribution < -0.4 is 4.90 Å². The lowest BCUT2D eigenvalue weighted by molar-refractivity contribution is -0.128. The number of nitrogens with zero attached hydrogens (tertiary/aromatic N) is 1. The predicted molar refractivity (Wildman–Crippen MR) is 81.4 cm³/mol. The minimum absolute atomic E-state index is 0.0383. The largest absolute Gasteiger partial charge is 0.314 e. The number of para-hydroxylation sites is 1. The Morgan fingerprint density at radius 2 is 1.86 bits per heavy atom. The van der Waals surface area contributed by atoms with Gasteiger partial charge in [0.2, 0.25) is 5.91 Å². The number of amides is 1. The molecule has 0 radical (unpaired) electrons. The fourth-order valence-corrected chi connectivity index (χ4v) is 3.02. The van der Waals surface area contributed by atoms with Gasteiger partial charge in [0.1, 0.15) is 11.6 Å². The summed E-state index contributed by atoms with van der Waals surface area (Å²) in [6.07, 6.45) is 1.54. The van der Waals surface area contributed by atoms with Crippen molar-refractivity contribution in [2.75, 3.05) is 11.9 Å². The van der Waals surface area contributed by atoms with Crippen LogP contribution in [0.1, 0.15) is 45.1 Å². The maximum atomic E-state index is 12.5. The number of fused-ring (bicyclic) bond motifs is 1. The molecule has 4 nitrogen and oxygen atoms in total. The molecule has 1 atom stereocenters. The van der Waals surface area contributed by atoms with Crippen molar-refractivity contribution in [1.29, 1.82) is 0 Å². The number of anilines is 1. The number of Topliss-reactive ketones (excluding diaryl/α,β-unsaturated/α-hetero) is 2. The van der Waals surface area contributed by atoms with E-state index in [1.54, 1.807) is 11.9 Å². The number of hydrogen-bond donors (Lipinski definition) is 0. The van der Waals surface area contributed by atoms with Gasteiger partial charge in [0, 0.05) is 32.0 Å². The Hall–Kier alpha value is -1.97. The van der Waals surface area contributed by atoms with E-state index in [1.807, 2.05) is 31.2 Å². The molecule has 112 valence electrons. The lowest BCUT2D eigenvalue weighted by atomic mass is 9.78. The van der Waals surface area contributed by atoms with E-state index in [0.717, 1.165) is 11.3 Å². The summed E-state index contributed by atoms with van der Waals surface area (Å²) in [7, 11) is 1.74. The first-order valence-electron chi connectivity index (χ1n) is 7.25. The van der Waals surface area contributed by atoms with Crippen molar-refractivity contribution in [3.8, 4) is 0 Å². The second-order valence-corrected chi connectivity index (χ2v) is 5.98. The zero-order chi connectivity index (χ0) is 15.6. The first-order chi connectivity index (χ1) is 9.86. The summed E-state index contributed by atoms with van der Waals surface area (Å²) in [5.41, 5.74) is 1.01. The van der Waals surface area contributed by atoms with Crippen molar-refractivity contribution in [3.63, 3.8) is 0 Å². The van der Waals surface area contributed by atoms with Crippen LogP contribution in [0.4, 0.5) is 5.69 Å². The van der Waals surface area contributed by atoms with E-state index in [9.17, 15) is 14.4 Å². The molecule has 1 aliphatic rings. The van der Waals surface area contributed by atoms with Crippen molar-refractivity contribution < 1.29 is 14.4 Å². The van der Waals surface area contributed by atoms with Crippen molar-refractivity contribution in [2.24, 2.45) is 0 Å². The zero-order valence-corrected chi connectivity index (χ0v) is 12.8. The first-order valence-corrected chi connectivity index (χ1v) is 7.25. The van der Waals surface area contributed by atoms with Crippen LogP contribution in [0.5, 0.6) is 0 Å². The third-order valence-corrected chi connectivity index (χ3v) is 4.17. The Morgan fingerprint density at radius 3 is 2.52 bits per heavy atom. The molecule has 1 unspecified atom stereocenters. The molecule has 0 bridgehead atoms. The van der Waals surface area contributed by atoms with Crippen LogP contribution in [0.15, 0.2) is 24.3 Å². The molecule has 0 fully saturated rings. The number of carbonyl (C=O) groups is 3. The van der Waals surface area contributed by atoms with E-state index < -0.39 is 5.41 Å². The second-order valence-electron chi connectivity index (χ2n) is 5.98. The Labute approximate surface area is 125 Å². The highest BCUT2D eigenvalue weighted by Gasteiger charge is 2.46. The molecule has 0 spiro atoms. The summed E-state index contributed by atoms with van der Waals surface area (Å²) < 4.78 is 0. The summed E-state index contributed by atoms with van der Waals surface area (Å²) in [6.45, 7) is 3.36. The SMILES string of the molecule is CC(=O)CCCC(=O)CC1(C)C(=O)N(C)c2ccccc21. The van der Waals surface area contributed by atoms with Gasteiger partial charge in [0.15, 0.2) is 0 Å². The van der Waals surface area contributed by atoms with Crippen molar-refractivity contribution in [2.45, 2.75) is 44.9 Å². The van der Waals surface area contributed by atoms with Crippen LogP contribution >= 0.6 is 0 Å². The monoisotopic (exact) mass is 287 g/mol. The van der Waals surface area contributed by atoms with Crippen molar-refractivity contribution >= 4 is 23.2 Å². The van der Waals surface area contributed by atoms with Gasteiger partial charge in [0.25, 0.3) is 0 Å². The maximum Gasteiger partial charge on any atom is 0.237 e. The summed E-state index contributed by atoms with van der Waals surface area (Å²) in [5, 5.41) is 0. The van der Waals surface area contributed by atoms with Gasteiger partial charge in [-0.15, -0.1) is 0 Å². The van der Waals surface area contributed by atoms with Crippen LogP contribution in [0.3, 0.4) is 0 Å². The number of carbonyl (C=O) groups excluding carboxylic acids is 3. The maximum absolute atomic E-state index is 12.5. The Morgan fingerprint density at radius 1 is 1.19 bits per heavy atom. The molecule has 2 rings (SSSR count). The van der Waals surface area contributed by atoms with Crippen molar-refractivity contribution in [3.05, 3.63) is 29.8 Å². The molecular weight excluding hydrogens is 266 g/mol. The molecule has 1 aromatic rings. The molecular formula is C17H21NO3. The number of rotatable bonds is 6. The number of benzene rings is 1. The number of hydrogen-bond acceptors (Lipinski definition) is 3. The standard InChI is InChI=1S/C17H21NO3/c1-12(19)7-6-8-13(20)11-17(2)14-9-4-5-10-15(14)18(3)16(17)21/h4-5,9-10H,6-8,11H2,1-3H3. The molecule has 0 aromatic heterocycles. The predicted octanol–water partition coefficient (Wildman–Crippen LogP) is 2.64. The Bertz CT molecular complexity index is 593. The van der Waals surface area contributed by atoms with Crippen LogP contribution in [-0.4, -0.2) is 24.5 Å². The average Bonchev–Trinajstić information content (AvgIpc) is 2.61. The van der Waals surface area contributed by atoms with E-state index in [-0.39, 0.29) is 23.9 Å². The number of likely N-dealkylation sites (N-methyl/N-ethyl adjacent to an activating group) is 1. The van der Waals surface area contributed by atoms with Gasteiger partial charge in [-0.1, -0.05) is 18.2 Å². The summed E-state index contributed by atoms with van der Waals surface area (Å²) in [6, 6.07) is 7.60. The topological polar surface area (TPSA) is 54.5 Å². The summed E-state index contributed by atoms with van der Waals surface area (Å²) in [5.74, 6) is 0.0943. The Balaban J connectivity index is 2.13. The van der Waals surface area contributed by atoms with Gasteiger partial charge >= 0.3 is 0 Å². The van der Waals surface area contributed by atoms with Crippen LogP contribution in [0.2, 0.25) is 0 Å². The Kier molecular flexibility index (Phi) is 4.26. The van der Waals surface area contributed by atoms with Gasteiger partial charge in [0.05, 0.1) is 5.41 Å². The van der Waals surface area contributed by atoms with E-state index in [4.69, 9.17) is 0 Å². The van der Waals surface area contributed by atoms with E-state index >= 15 is 0 Å². The smallest absolute Gasteiger partial charge is 0.237 e. The average molecular weight is 287 g/mol. The lowest BCUT2D eigenvalue weighted by Crippen LogP contribution is -2.37. The van der Waals surface area contributed by atoms with Crippen LogP contribution in [0.25, 0.3) is 0 Å². The molecule has 4 heteroatoms. The minimum atomic E-state index is -0.779. The van der Waals surface area contributed by atoms with Gasteiger partial charge in [-0.3, -0.25) is 9.59 Å². The molecule has 1 aliphatic heterocycles. The molecule has 0 saturated heterocycles. The van der Waals surface area contributed by atoms with E-state index in [1.165, 1.54) is 6.92 Å². The summed E-state index contributed by atoms with van der Waals surface area (Å²) in [4.78, 5) is 37.2. The fourth-order valence-electron chi connectivity index (χ4n) is 3.02. The van der Waals surface area contributed by atoms with Crippen LogP contribution in [0, 0.1) is 0 Å². The molecule has 1 heterocycles. The molecule has 1 amide bonds. The van der Waals surface area contributed by atoms with Crippen molar-refractivity contribution in [1.82, 2.24) is 0 Å². The molecule has 0 aliphatic carbocycles. The minimum Gasteiger partial charge on any atom is -0.314 e. The van der Waals surface area contributed by atoms with Gasteiger partial charge < -0.3 is 9.69 Å². The van der Waals surface area contributed by atoms with Gasteiger partial charge in [-0.2, -0.15) is 0 Å². The highest BCUT2D eigenvalue weighted by molar-refractivity contribution is 6.09. The van der Waals surface area contributed by atoms with Crippen LogP contribution in [-0.2, 0) is 19.8 Å². The quantitative estimate of drug-likeness (QED) is 0.808. The van der Waals surface area contributed by atoms with E-state index in [2.05, 4.69) is 0 Å². The molecule has 0 saturated carbocycles. The normalized spacial score (nSPS) is 20.5. The molecule has 0 N–H and O–H groups in total. The zero-order valence-electron chi connectivity index (χ0n) is 12.8. The first kappa shape index (κ1) is 15.4. The van der Waals surface area contributed by atoms with Gasteiger partial charge in [-0.05, 0) is 31.9 Å². The summed E-state index contributed by atoms with van der Waals surface area (Å²) >= 11 is 0. The fraction of sp³-hybridized carbons (Fsp3) is 0.471. The van der Waals surface area contributed by atoms with E-state index in [0.29, 0.717) is 19.3 Å². The third-order valence-electron chi connectivity index (χ3n) is 4.17. The molecule has 21 heavy (non-hydrogen) atoms. The highest BCUT2D eigenvalue weighted by Crippen LogP contribution is 2.43.